The van der Waals surface area contributed by atoms with Gasteiger partial charge in [-0.15, -0.1) is 5.10 Å². The van der Waals surface area contributed by atoms with Crippen molar-refractivity contribution in [2.24, 2.45) is 0 Å². The van der Waals surface area contributed by atoms with E-state index in [1.807, 2.05) is 24.3 Å². The number of hydrogen-bond acceptors (Lipinski definition) is 3. The van der Waals surface area contributed by atoms with Crippen molar-refractivity contribution in [3.63, 3.8) is 0 Å². The van der Waals surface area contributed by atoms with E-state index < -0.39 is 0 Å². The van der Waals surface area contributed by atoms with Gasteiger partial charge in [0.05, 0.1) is 5.52 Å². The molecule has 1 aromatic heterocycles. The molecule has 2 rings (SSSR count). The highest BCUT2D eigenvalue weighted by Crippen LogP contribution is 2.15. The van der Waals surface area contributed by atoms with Crippen LogP contribution in [-0.2, 0) is 0 Å². The third-order valence-electron chi connectivity index (χ3n) is 6.09. The van der Waals surface area contributed by atoms with E-state index in [2.05, 4.69) is 29.4 Å². The van der Waals surface area contributed by atoms with Crippen LogP contribution in [-0.4, -0.2) is 20.9 Å². The van der Waals surface area contributed by atoms with Crippen LogP contribution in [0.5, 0.6) is 0 Å². The lowest BCUT2D eigenvalue weighted by Gasteiger charge is -2.04. The quantitative estimate of drug-likeness (QED) is 0.178. The summed E-state index contributed by atoms with van der Waals surface area (Å²) in [5.74, 6) is 0.0577. The van der Waals surface area contributed by atoms with Crippen LogP contribution in [0.1, 0.15) is 121 Å². The van der Waals surface area contributed by atoms with Crippen molar-refractivity contribution in [3.8, 4) is 0 Å². The van der Waals surface area contributed by atoms with E-state index >= 15 is 0 Å². The van der Waals surface area contributed by atoms with Crippen molar-refractivity contribution < 1.29 is 4.79 Å². The Balaban J connectivity index is 1.34. The third-order valence-corrected chi connectivity index (χ3v) is 6.09. The molecule has 0 unspecified atom stereocenters. The fourth-order valence-corrected chi connectivity index (χ4v) is 4.16. The minimum Gasteiger partial charge on any atom is -0.273 e. The number of fused-ring (bicyclic) bond motifs is 1. The Morgan fingerprint density at radius 3 is 1.87 bits per heavy atom. The Labute approximate surface area is 189 Å². The lowest BCUT2D eigenvalue weighted by atomic mass is 10.0. The summed E-state index contributed by atoms with van der Waals surface area (Å²) in [6.07, 6.45) is 26.2. The smallest absolute Gasteiger partial charge is 0.248 e. The number of benzene rings is 1. The second-order valence-corrected chi connectivity index (χ2v) is 8.79. The minimum atomic E-state index is 0.0577. The van der Waals surface area contributed by atoms with Crippen LogP contribution in [0.3, 0.4) is 0 Å². The van der Waals surface area contributed by atoms with E-state index in [1.165, 1.54) is 94.6 Å². The second-order valence-electron chi connectivity index (χ2n) is 8.79. The summed E-state index contributed by atoms with van der Waals surface area (Å²) < 4.78 is 1.46. The van der Waals surface area contributed by atoms with Crippen LogP contribution in [0, 0.1) is 0 Å². The second kappa shape index (κ2) is 16.7. The molecule has 1 heterocycles. The molecule has 4 nitrogen and oxygen atoms in total. The zero-order valence-corrected chi connectivity index (χ0v) is 19.7. The number of hydrogen-bond donors (Lipinski definition) is 0. The lowest BCUT2D eigenvalue weighted by Crippen LogP contribution is -2.12. The molecule has 0 spiro atoms. The molecule has 0 N–H and O–H groups in total. The van der Waals surface area contributed by atoms with E-state index in [0.717, 1.165) is 23.9 Å². The SMILES string of the molecule is C/C=C/CCCCCCCCCCCCCCCCCC(=O)n1nnc2ccccc21. The maximum absolute atomic E-state index is 12.3. The molecule has 0 saturated carbocycles. The van der Waals surface area contributed by atoms with Gasteiger partial charge < -0.3 is 0 Å². The Kier molecular flexibility index (Phi) is 13.6. The zero-order chi connectivity index (χ0) is 22.0. The number of nitrogens with zero attached hydrogens (tertiary/aromatic N) is 3. The fourth-order valence-electron chi connectivity index (χ4n) is 4.16. The van der Waals surface area contributed by atoms with E-state index in [4.69, 9.17) is 0 Å². The van der Waals surface area contributed by atoms with Crippen LogP contribution in [0.4, 0.5) is 0 Å². The van der Waals surface area contributed by atoms with Gasteiger partial charge in [-0.25, -0.2) is 0 Å². The summed E-state index contributed by atoms with van der Waals surface area (Å²) in [4.78, 5) is 12.3. The normalized spacial score (nSPS) is 11.6. The number of aromatic nitrogens is 3. The van der Waals surface area contributed by atoms with Gasteiger partial charge in [-0.1, -0.05) is 113 Å². The van der Waals surface area contributed by atoms with Gasteiger partial charge >= 0.3 is 0 Å². The van der Waals surface area contributed by atoms with Crippen molar-refractivity contribution in [2.45, 2.75) is 116 Å². The summed E-state index contributed by atoms with van der Waals surface area (Å²) >= 11 is 0. The van der Waals surface area contributed by atoms with E-state index in [1.54, 1.807) is 0 Å². The lowest BCUT2D eigenvalue weighted by molar-refractivity contribution is 0.0886. The average Bonchev–Trinajstić information content (AvgIpc) is 3.22. The molecule has 172 valence electrons. The number of carbonyl (C=O) groups is 1. The zero-order valence-electron chi connectivity index (χ0n) is 19.7. The van der Waals surface area contributed by atoms with Crippen LogP contribution >= 0.6 is 0 Å². The Hall–Kier alpha value is -1.97. The largest absolute Gasteiger partial charge is 0.273 e. The van der Waals surface area contributed by atoms with E-state index in [9.17, 15) is 4.79 Å². The molecule has 1 aromatic carbocycles. The van der Waals surface area contributed by atoms with E-state index in [-0.39, 0.29) is 5.91 Å². The molecule has 31 heavy (non-hydrogen) atoms. The van der Waals surface area contributed by atoms with Crippen molar-refractivity contribution >= 4 is 16.9 Å². The molecular formula is C27H43N3O. The number of carbonyl (C=O) groups excluding carboxylic acids is 1. The predicted octanol–water partition coefficient (Wildman–Crippen LogP) is 8.28. The molecule has 4 heteroatoms. The van der Waals surface area contributed by atoms with Gasteiger partial charge in [0.2, 0.25) is 5.91 Å². The van der Waals surface area contributed by atoms with Gasteiger partial charge in [0, 0.05) is 6.42 Å². The molecule has 0 aliphatic rings. The number of para-hydroxylation sites is 1. The first kappa shape index (κ1) is 25.3. The molecule has 0 fully saturated rings. The first-order chi connectivity index (χ1) is 15.3. The highest BCUT2D eigenvalue weighted by atomic mass is 16.2. The maximum Gasteiger partial charge on any atom is 0.248 e. The molecule has 0 bridgehead atoms. The topological polar surface area (TPSA) is 47.8 Å². The maximum atomic E-state index is 12.3. The van der Waals surface area contributed by atoms with Crippen LogP contribution < -0.4 is 0 Å². The molecular weight excluding hydrogens is 382 g/mol. The average molecular weight is 426 g/mol. The van der Waals surface area contributed by atoms with Crippen molar-refractivity contribution in [2.75, 3.05) is 0 Å². The van der Waals surface area contributed by atoms with Gasteiger partial charge in [-0.2, -0.15) is 4.68 Å². The van der Waals surface area contributed by atoms with Crippen LogP contribution in [0.15, 0.2) is 36.4 Å². The third kappa shape index (κ3) is 10.8. The summed E-state index contributed by atoms with van der Waals surface area (Å²) in [6.45, 7) is 2.11. The molecule has 2 aromatic rings. The predicted molar refractivity (Wildman–Crippen MR) is 131 cm³/mol. The van der Waals surface area contributed by atoms with Crippen molar-refractivity contribution in [1.82, 2.24) is 15.0 Å². The summed E-state index contributed by atoms with van der Waals surface area (Å²) in [5, 5.41) is 8.07. The van der Waals surface area contributed by atoms with Crippen molar-refractivity contribution in [1.29, 1.82) is 0 Å². The monoisotopic (exact) mass is 425 g/mol. The number of unbranched alkanes of at least 4 members (excludes halogenated alkanes) is 15. The molecule has 0 atom stereocenters. The van der Waals surface area contributed by atoms with E-state index in [0.29, 0.717) is 6.42 Å². The first-order valence-electron chi connectivity index (χ1n) is 12.8. The molecule has 0 saturated heterocycles. The summed E-state index contributed by atoms with van der Waals surface area (Å²) in [5.41, 5.74) is 1.60. The molecule has 0 radical (unpaired) electrons. The summed E-state index contributed by atoms with van der Waals surface area (Å²) in [7, 11) is 0. The Morgan fingerprint density at radius 2 is 1.29 bits per heavy atom. The van der Waals surface area contributed by atoms with Gasteiger partial charge in [0.25, 0.3) is 0 Å². The highest BCUT2D eigenvalue weighted by Gasteiger charge is 2.10. The first-order valence-corrected chi connectivity index (χ1v) is 12.8. The van der Waals surface area contributed by atoms with Gasteiger partial charge in [0.1, 0.15) is 5.52 Å². The standard InChI is InChI=1S/C27H43N3O/c1-2-3-4-5-6-7-8-9-10-11-12-13-14-15-16-17-18-19-24-27(31)30-26-23-21-20-22-25(26)28-29-30/h2-3,20-23H,4-19,24H2,1H3/b3-2+. The van der Waals surface area contributed by atoms with Gasteiger partial charge in [0.15, 0.2) is 0 Å². The fraction of sp³-hybridized carbons (Fsp3) is 0.667. The molecule has 0 aliphatic carbocycles. The molecule has 0 aliphatic heterocycles. The number of allylic oxidation sites excluding steroid dienone is 2. The van der Waals surface area contributed by atoms with Gasteiger partial charge in [-0.05, 0) is 38.3 Å². The van der Waals surface area contributed by atoms with Crippen molar-refractivity contribution in [3.05, 3.63) is 36.4 Å². The summed E-state index contributed by atoms with van der Waals surface area (Å²) in [6, 6.07) is 7.63. The Bertz CT molecular complexity index is 750. The number of rotatable bonds is 18. The van der Waals surface area contributed by atoms with Crippen LogP contribution in [0.2, 0.25) is 0 Å². The Morgan fingerprint density at radius 1 is 0.774 bits per heavy atom. The minimum absolute atomic E-state index is 0.0577. The van der Waals surface area contributed by atoms with Gasteiger partial charge in [-0.3, -0.25) is 4.79 Å². The highest BCUT2D eigenvalue weighted by molar-refractivity contribution is 5.88. The van der Waals surface area contributed by atoms with Crippen LogP contribution in [0.25, 0.3) is 11.0 Å². The molecule has 0 amide bonds.